The summed E-state index contributed by atoms with van der Waals surface area (Å²) in [5.74, 6) is -0.508. The van der Waals surface area contributed by atoms with Crippen LogP contribution in [0.1, 0.15) is 13.8 Å². The number of halogens is 1. The average Bonchev–Trinajstić information content (AvgIpc) is 2.92. The van der Waals surface area contributed by atoms with E-state index in [2.05, 4.69) is 25.6 Å². The summed E-state index contributed by atoms with van der Waals surface area (Å²) in [5, 5.41) is 11.1. The summed E-state index contributed by atoms with van der Waals surface area (Å²) < 4.78 is 15.2. The van der Waals surface area contributed by atoms with E-state index in [0.29, 0.717) is 16.9 Å². The third-order valence-electron chi connectivity index (χ3n) is 3.22. The first-order chi connectivity index (χ1) is 10.8. The Morgan fingerprint density at radius 2 is 2.09 bits per heavy atom. The maximum absolute atomic E-state index is 13.6. The van der Waals surface area contributed by atoms with Gasteiger partial charge in [0.1, 0.15) is 11.5 Å². The third-order valence-corrected chi connectivity index (χ3v) is 3.22. The van der Waals surface area contributed by atoms with Crippen molar-refractivity contribution < 1.29 is 9.18 Å². The lowest BCUT2D eigenvalue weighted by atomic mass is 10.1. The molecule has 0 radical (unpaired) electrons. The standard InChI is InChI=1S/C15H15FN6O/c1-15(2,16)14(23)19-13-6-11-9(7-17-13)4-5-10(18-11)12-8-22(3)21-20-12/h4-8H,1-3H3,(H,17,19,23). The minimum atomic E-state index is -1.98. The average molecular weight is 314 g/mol. The molecule has 23 heavy (non-hydrogen) atoms. The number of hydrogen-bond donors (Lipinski definition) is 1. The number of carbonyl (C=O) groups is 1. The van der Waals surface area contributed by atoms with E-state index in [1.807, 2.05) is 12.1 Å². The van der Waals surface area contributed by atoms with Gasteiger partial charge in [-0.2, -0.15) is 0 Å². The van der Waals surface area contributed by atoms with Crippen molar-refractivity contribution in [3.63, 3.8) is 0 Å². The molecule has 1 amide bonds. The summed E-state index contributed by atoms with van der Waals surface area (Å²) in [4.78, 5) is 20.3. The van der Waals surface area contributed by atoms with Gasteiger partial charge in [-0.15, -0.1) is 5.10 Å². The van der Waals surface area contributed by atoms with Gasteiger partial charge in [0.15, 0.2) is 5.67 Å². The molecule has 0 aliphatic carbocycles. The number of nitrogens with one attached hydrogen (secondary N) is 1. The quantitative estimate of drug-likeness (QED) is 0.800. The maximum atomic E-state index is 13.6. The van der Waals surface area contributed by atoms with Crippen LogP contribution in [0.25, 0.3) is 22.3 Å². The van der Waals surface area contributed by atoms with E-state index in [0.717, 1.165) is 5.39 Å². The van der Waals surface area contributed by atoms with Gasteiger partial charge in [-0.1, -0.05) is 5.21 Å². The summed E-state index contributed by atoms with van der Waals surface area (Å²) in [6.07, 6.45) is 3.33. The highest BCUT2D eigenvalue weighted by Crippen LogP contribution is 2.21. The number of aromatic nitrogens is 5. The molecule has 8 heteroatoms. The molecule has 0 spiro atoms. The number of fused-ring (bicyclic) bond motifs is 1. The molecule has 3 aromatic rings. The molecule has 0 saturated heterocycles. The summed E-state index contributed by atoms with van der Waals surface area (Å²) in [6, 6.07) is 5.26. The van der Waals surface area contributed by atoms with Crippen LogP contribution in [-0.4, -0.2) is 36.5 Å². The van der Waals surface area contributed by atoms with Gasteiger partial charge in [0.05, 0.1) is 17.4 Å². The molecule has 0 aliphatic heterocycles. The zero-order valence-corrected chi connectivity index (χ0v) is 12.9. The monoisotopic (exact) mass is 314 g/mol. The predicted octanol–water partition coefficient (Wildman–Crippen LogP) is 2.11. The number of hydrogen-bond acceptors (Lipinski definition) is 5. The van der Waals surface area contributed by atoms with E-state index in [9.17, 15) is 9.18 Å². The minimum absolute atomic E-state index is 0.247. The van der Waals surface area contributed by atoms with Crippen LogP contribution in [0.5, 0.6) is 0 Å². The highest BCUT2D eigenvalue weighted by atomic mass is 19.1. The first-order valence-corrected chi connectivity index (χ1v) is 6.97. The maximum Gasteiger partial charge on any atom is 0.262 e. The Morgan fingerprint density at radius 3 is 2.74 bits per heavy atom. The van der Waals surface area contributed by atoms with Crippen molar-refractivity contribution >= 4 is 22.6 Å². The van der Waals surface area contributed by atoms with Gasteiger partial charge in [-0.25, -0.2) is 14.4 Å². The van der Waals surface area contributed by atoms with Crippen molar-refractivity contribution in [1.82, 2.24) is 25.0 Å². The smallest absolute Gasteiger partial charge is 0.262 e. The van der Waals surface area contributed by atoms with E-state index >= 15 is 0 Å². The molecule has 0 aliphatic rings. The van der Waals surface area contributed by atoms with Gasteiger partial charge in [0.2, 0.25) is 0 Å². The van der Waals surface area contributed by atoms with Gasteiger partial charge < -0.3 is 5.32 Å². The molecule has 0 saturated carbocycles. The summed E-state index contributed by atoms with van der Waals surface area (Å²) >= 11 is 0. The van der Waals surface area contributed by atoms with Crippen LogP contribution in [0.15, 0.2) is 30.6 Å². The van der Waals surface area contributed by atoms with Crippen molar-refractivity contribution in [2.75, 3.05) is 5.32 Å². The summed E-state index contributed by atoms with van der Waals surface area (Å²) in [6.45, 7) is 2.38. The lowest BCUT2D eigenvalue weighted by Gasteiger charge is -2.13. The Morgan fingerprint density at radius 1 is 1.30 bits per heavy atom. The fourth-order valence-electron chi connectivity index (χ4n) is 1.96. The topological polar surface area (TPSA) is 85.6 Å². The molecular formula is C15H15FN6O. The fourth-order valence-corrected chi connectivity index (χ4v) is 1.96. The SMILES string of the molecule is Cn1cc(-c2ccc3cnc(NC(=O)C(C)(C)F)cc3n2)nn1. The molecule has 3 rings (SSSR count). The second-order valence-electron chi connectivity index (χ2n) is 5.66. The van der Waals surface area contributed by atoms with E-state index < -0.39 is 11.6 Å². The fraction of sp³-hybridized carbons (Fsp3) is 0.267. The number of nitrogens with zero attached hydrogens (tertiary/aromatic N) is 5. The molecule has 118 valence electrons. The summed E-state index contributed by atoms with van der Waals surface area (Å²) in [7, 11) is 1.77. The number of rotatable bonds is 3. The Labute approximate surface area is 131 Å². The minimum Gasteiger partial charge on any atom is -0.308 e. The van der Waals surface area contributed by atoms with Gasteiger partial charge in [0.25, 0.3) is 5.91 Å². The van der Waals surface area contributed by atoms with Crippen molar-refractivity contribution in [3.05, 3.63) is 30.6 Å². The number of amides is 1. The highest BCUT2D eigenvalue weighted by molar-refractivity contribution is 5.97. The molecular weight excluding hydrogens is 299 g/mol. The Kier molecular flexibility index (Phi) is 3.51. The zero-order chi connectivity index (χ0) is 16.6. The van der Waals surface area contributed by atoms with Gasteiger partial charge in [-0.3, -0.25) is 9.48 Å². The van der Waals surface area contributed by atoms with Crippen molar-refractivity contribution in [3.8, 4) is 11.4 Å². The zero-order valence-electron chi connectivity index (χ0n) is 12.9. The molecule has 3 aromatic heterocycles. The second kappa shape index (κ2) is 5.38. The van der Waals surface area contributed by atoms with Crippen LogP contribution in [0.3, 0.4) is 0 Å². The van der Waals surface area contributed by atoms with Crippen molar-refractivity contribution in [2.24, 2.45) is 7.05 Å². The highest BCUT2D eigenvalue weighted by Gasteiger charge is 2.26. The van der Waals surface area contributed by atoms with Crippen LogP contribution in [0.2, 0.25) is 0 Å². The summed E-state index contributed by atoms with van der Waals surface area (Å²) in [5.41, 5.74) is -0.0670. The molecule has 0 aromatic carbocycles. The number of pyridine rings is 2. The van der Waals surface area contributed by atoms with Gasteiger partial charge in [0, 0.05) is 24.7 Å². The van der Waals surface area contributed by atoms with Crippen LogP contribution >= 0.6 is 0 Å². The van der Waals surface area contributed by atoms with Crippen LogP contribution in [-0.2, 0) is 11.8 Å². The second-order valence-corrected chi connectivity index (χ2v) is 5.66. The first-order valence-electron chi connectivity index (χ1n) is 6.97. The third kappa shape index (κ3) is 3.15. The number of anilines is 1. The normalized spacial score (nSPS) is 11.7. The lowest BCUT2D eigenvalue weighted by molar-refractivity contribution is -0.125. The number of carbonyl (C=O) groups excluding carboxylic acids is 1. The van der Waals surface area contributed by atoms with Crippen molar-refractivity contribution in [1.29, 1.82) is 0 Å². The van der Waals surface area contributed by atoms with E-state index in [1.54, 1.807) is 30.2 Å². The van der Waals surface area contributed by atoms with Gasteiger partial charge >= 0.3 is 0 Å². The molecule has 0 atom stereocenters. The van der Waals surface area contributed by atoms with Crippen molar-refractivity contribution in [2.45, 2.75) is 19.5 Å². The predicted molar refractivity (Wildman–Crippen MR) is 83.4 cm³/mol. The molecule has 7 nitrogen and oxygen atoms in total. The van der Waals surface area contributed by atoms with E-state index in [4.69, 9.17) is 0 Å². The largest absolute Gasteiger partial charge is 0.308 e. The molecule has 0 bridgehead atoms. The van der Waals surface area contributed by atoms with E-state index in [-0.39, 0.29) is 5.82 Å². The molecule has 0 unspecified atom stereocenters. The molecule has 0 fully saturated rings. The lowest BCUT2D eigenvalue weighted by Crippen LogP contribution is -2.32. The molecule has 3 heterocycles. The Balaban J connectivity index is 1.96. The van der Waals surface area contributed by atoms with Gasteiger partial charge in [-0.05, 0) is 26.0 Å². The molecule has 1 N–H and O–H groups in total. The first kappa shape index (κ1) is 15.0. The number of aryl methyl sites for hydroxylation is 1. The Bertz CT molecular complexity index is 883. The van der Waals surface area contributed by atoms with E-state index in [1.165, 1.54) is 13.8 Å². The number of alkyl halides is 1. The Hall–Kier alpha value is -2.90. The van der Waals surface area contributed by atoms with Crippen LogP contribution < -0.4 is 5.32 Å². The van der Waals surface area contributed by atoms with Crippen LogP contribution in [0, 0.1) is 0 Å². The van der Waals surface area contributed by atoms with Crippen LogP contribution in [0.4, 0.5) is 10.2 Å².